The minimum atomic E-state index is -0.861. The topological polar surface area (TPSA) is 75.4 Å². The van der Waals surface area contributed by atoms with Gasteiger partial charge in [-0.1, -0.05) is 6.07 Å². The first-order valence-corrected chi connectivity index (χ1v) is 9.43. The molecule has 0 saturated carbocycles. The third-order valence-corrected chi connectivity index (χ3v) is 5.49. The molecule has 0 spiro atoms. The van der Waals surface area contributed by atoms with Crippen LogP contribution in [0.2, 0.25) is 0 Å². The van der Waals surface area contributed by atoms with Crippen molar-refractivity contribution < 1.29 is 19.1 Å². The third kappa shape index (κ3) is 3.34. The molecule has 1 aliphatic carbocycles. The highest BCUT2D eigenvalue weighted by molar-refractivity contribution is 5.94. The highest BCUT2D eigenvalue weighted by Gasteiger charge is 2.33. The van der Waals surface area contributed by atoms with Crippen molar-refractivity contribution in [1.29, 1.82) is 0 Å². The second-order valence-electron chi connectivity index (χ2n) is 7.30. The Bertz CT molecular complexity index is 893. The monoisotopic (exact) mass is 371 g/mol. The fourth-order valence-corrected chi connectivity index (χ4v) is 4.11. The maximum absolute atomic E-state index is 13.7. The quantitative estimate of drug-likeness (QED) is 0.900. The number of piperidine rings is 1. The molecule has 142 valence electrons. The first-order valence-electron chi connectivity index (χ1n) is 9.43. The summed E-state index contributed by atoms with van der Waals surface area (Å²) in [5, 5.41) is 13.8. The maximum atomic E-state index is 13.7. The molecule has 1 aromatic heterocycles. The molecule has 2 heterocycles. The van der Waals surface area contributed by atoms with Gasteiger partial charge in [0, 0.05) is 24.3 Å². The molecule has 1 amide bonds. The van der Waals surface area contributed by atoms with Gasteiger partial charge in [-0.3, -0.25) is 9.59 Å². The van der Waals surface area contributed by atoms with E-state index in [1.54, 1.807) is 21.7 Å². The fourth-order valence-electron chi connectivity index (χ4n) is 4.11. The number of amides is 1. The van der Waals surface area contributed by atoms with E-state index in [2.05, 4.69) is 5.10 Å². The summed E-state index contributed by atoms with van der Waals surface area (Å²) in [6.45, 7) is 0.764. The smallest absolute Gasteiger partial charge is 0.308 e. The number of nitrogens with zero attached hydrogens (tertiary/aromatic N) is 3. The zero-order valence-corrected chi connectivity index (χ0v) is 15.0. The van der Waals surface area contributed by atoms with Crippen LogP contribution in [-0.4, -0.2) is 44.8 Å². The van der Waals surface area contributed by atoms with Gasteiger partial charge >= 0.3 is 5.97 Å². The Hall–Kier alpha value is -2.70. The van der Waals surface area contributed by atoms with E-state index in [9.17, 15) is 19.1 Å². The number of aromatic nitrogens is 2. The summed E-state index contributed by atoms with van der Waals surface area (Å²) in [4.78, 5) is 26.1. The van der Waals surface area contributed by atoms with E-state index in [1.165, 1.54) is 12.1 Å². The van der Waals surface area contributed by atoms with Gasteiger partial charge in [0.15, 0.2) is 5.69 Å². The van der Waals surface area contributed by atoms with E-state index in [0.717, 1.165) is 36.9 Å². The number of halogens is 1. The summed E-state index contributed by atoms with van der Waals surface area (Å²) in [7, 11) is 0. The van der Waals surface area contributed by atoms with E-state index < -0.39 is 11.9 Å². The average Bonchev–Trinajstić information content (AvgIpc) is 3.07. The predicted octanol–water partition coefficient (Wildman–Crippen LogP) is 2.83. The van der Waals surface area contributed by atoms with Crippen molar-refractivity contribution in [3.8, 4) is 5.69 Å². The lowest BCUT2D eigenvalue weighted by molar-refractivity contribution is -0.143. The molecule has 6 nitrogen and oxygen atoms in total. The molecule has 0 bridgehead atoms. The Balaban J connectivity index is 1.70. The standard InChI is InChI=1S/C20H22FN3O3/c21-14-6-3-7-15(11-14)24-17-9-2-1-8-16(17)18(22-24)19(25)23-10-4-5-13(12-23)20(26)27/h3,6-7,11,13H,1-2,4-5,8-10,12H2,(H,26,27)/t13-/m0/s1. The summed E-state index contributed by atoms with van der Waals surface area (Å²) < 4.78 is 15.4. The van der Waals surface area contributed by atoms with Crippen molar-refractivity contribution in [2.24, 2.45) is 5.92 Å². The van der Waals surface area contributed by atoms with Crippen LogP contribution in [0, 0.1) is 11.7 Å². The largest absolute Gasteiger partial charge is 0.481 e. The third-order valence-electron chi connectivity index (χ3n) is 5.49. The summed E-state index contributed by atoms with van der Waals surface area (Å²) in [6.07, 6.45) is 4.82. The van der Waals surface area contributed by atoms with Crippen LogP contribution in [0.5, 0.6) is 0 Å². The second kappa shape index (κ2) is 7.13. The number of carbonyl (C=O) groups is 2. The van der Waals surface area contributed by atoms with Crippen molar-refractivity contribution in [2.75, 3.05) is 13.1 Å². The van der Waals surface area contributed by atoms with Crippen molar-refractivity contribution in [3.63, 3.8) is 0 Å². The number of fused-ring (bicyclic) bond motifs is 1. The molecule has 1 fully saturated rings. The van der Waals surface area contributed by atoms with Crippen molar-refractivity contribution >= 4 is 11.9 Å². The van der Waals surface area contributed by atoms with Crippen molar-refractivity contribution in [3.05, 3.63) is 47.0 Å². The van der Waals surface area contributed by atoms with Gasteiger partial charge in [0.2, 0.25) is 0 Å². The van der Waals surface area contributed by atoms with E-state index in [-0.39, 0.29) is 18.3 Å². The fraction of sp³-hybridized carbons (Fsp3) is 0.450. The maximum Gasteiger partial charge on any atom is 0.308 e. The molecule has 0 unspecified atom stereocenters. The van der Waals surface area contributed by atoms with Gasteiger partial charge < -0.3 is 10.0 Å². The predicted molar refractivity (Wildman–Crippen MR) is 96.4 cm³/mol. The number of rotatable bonds is 3. The molecular formula is C20H22FN3O3. The van der Waals surface area contributed by atoms with Gasteiger partial charge in [-0.25, -0.2) is 9.07 Å². The Morgan fingerprint density at radius 1 is 1.19 bits per heavy atom. The molecule has 4 rings (SSSR count). The van der Waals surface area contributed by atoms with Crippen LogP contribution >= 0.6 is 0 Å². The molecule has 1 aromatic carbocycles. The van der Waals surface area contributed by atoms with Crippen LogP contribution in [0.25, 0.3) is 5.69 Å². The van der Waals surface area contributed by atoms with Gasteiger partial charge in [0.1, 0.15) is 5.82 Å². The van der Waals surface area contributed by atoms with Gasteiger partial charge in [0.25, 0.3) is 5.91 Å². The Morgan fingerprint density at radius 3 is 2.78 bits per heavy atom. The van der Waals surface area contributed by atoms with Crippen molar-refractivity contribution in [2.45, 2.75) is 38.5 Å². The first-order chi connectivity index (χ1) is 13.0. The summed E-state index contributed by atoms with van der Waals surface area (Å²) >= 11 is 0. The molecule has 2 aliphatic rings. The lowest BCUT2D eigenvalue weighted by Crippen LogP contribution is -2.42. The SMILES string of the molecule is O=C(O)[C@H]1CCCN(C(=O)c2nn(-c3cccc(F)c3)c3c2CCCC3)C1. The molecule has 0 radical (unpaired) electrons. The molecule has 1 atom stereocenters. The van der Waals surface area contributed by atoms with Crippen LogP contribution < -0.4 is 0 Å². The minimum Gasteiger partial charge on any atom is -0.481 e. The highest BCUT2D eigenvalue weighted by Crippen LogP contribution is 2.29. The molecule has 7 heteroatoms. The number of aliphatic carboxylic acids is 1. The van der Waals surface area contributed by atoms with Gasteiger partial charge in [0.05, 0.1) is 11.6 Å². The van der Waals surface area contributed by atoms with Gasteiger partial charge in [-0.05, 0) is 56.7 Å². The Kier molecular flexibility index (Phi) is 4.68. The summed E-state index contributed by atoms with van der Waals surface area (Å²) in [6, 6.07) is 6.20. The summed E-state index contributed by atoms with van der Waals surface area (Å²) in [5.41, 5.74) is 2.88. The van der Waals surface area contributed by atoms with Crippen LogP contribution in [0.15, 0.2) is 24.3 Å². The lowest BCUT2D eigenvalue weighted by Gasteiger charge is -2.30. The number of carboxylic acid groups (broad SMARTS) is 1. The zero-order chi connectivity index (χ0) is 19.0. The molecule has 1 N–H and O–H groups in total. The number of hydrogen-bond donors (Lipinski definition) is 1. The van der Waals surface area contributed by atoms with Crippen LogP contribution in [0.4, 0.5) is 4.39 Å². The van der Waals surface area contributed by atoms with Gasteiger partial charge in [-0.2, -0.15) is 5.10 Å². The molecular weight excluding hydrogens is 349 g/mol. The van der Waals surface area contributed by atoms with Crippen LogP contribution in [-0.2, 0) is 17.6 Å². The minimum absolute atomic E-state index is 0.214. The molecule has 27 heavy (non-hydrogen) atoms. The number of benzene rings is 1. The zero-order valence-electron chi connectivity index (χ0n) is 15.0. The van der Waals surface area contributed by atoms with Gasteiger partial charge in [-0.15, -0.1) is 0 Å². The second-order valence-corrected chi connectivity index (χ2v) is 7.30. The molecule has 2 aromatic rings. The van der Waals surface area contributed by atoms with E-state index >= 15 is 0 Å². The van der Waals surface area contributed by atoms with E-state index in [0.29, 0.717) is 30.8 Å². The molecule has 1 aliphatic heterocycles. The van der Waals surface area contributed by atoms with E-state index in [1.807, 2.05) is 0 Å². The van der Waals surface area contributed by atoms with Crippen LogP contribution in [0.1, 0.15) is 47.4 Å². The van der Waals surface area contributed by atoms with Crippen LogP contribution in [0.3, 0.4) is 0 Å². The number of carboxylic acids is 1. The number of likely N-dealkylation sites (tertiary alicyclic amines) is 1. The average molecular weight is 371 g/mol. The number of carbonyl (C=O) groups excluding carboxylic acids is 1. The lowest BCUT2D eigenvalue weighted by atomic mass is 9.94. The first kappa shape index (κ1) is 17.7. The van der Waals surface area contributed by atoms with E-state index in [4.69, 9.17) is 0 Å². The summed E-state index contributed by atoms with van der Waals surface area (Å²) in [5.74, 6) is -1.95. The van der Waals surface area contributed by atoms with Crippen molar-refractivity contribution in [1.82, 2.24) is 14.7 Å². The molecule has 1 saturated heterocycles. The Labute approximate surface area is 156 Å². The Morgan fingerprint density at radius 2 is 2.00 bits per heavy atom. The highest BCUT2D eigenvalue weighted by atomic mass is 19.1. The normalized spacial score (nSPS) is 19.6. The number of hydrogen-bond acceptors (Lipinski definition) is 3.